The lowest BCUT2D eigenvalue weighted by Gasteiger charge is -2.50. The standard InChI is InChI=1S/C26H28N4O10S/c1-9-22(10(2)40-28-9)41(38,39)29-14-6-5-11-7-12-8-13-18(30(3)4)21(33)17(25(27)36)24(35)26(13,37)23(34)16(12)20(32)15(11)19(14)31/h5-6,12-13,18,29,31-32,35,37H,7-8H2,1-4H3,(H2,27,36). The molecule has 4 atom stereocenters. The van der Waals surface area contributed by atoms with Gasteiger partial charge in [0.25, 0.3) is 15.9 Å². The van der Waals surface area contributed by atoms with Gasteiger partial charge in [0.05, 0.1) is 17.3 Å². The van der Waals surface area contributed by atoms with Gasteiger partial charge in [-0.3, -0.25) is 24.0 Å². The van der Waals surface area contributed by atoms with Crippen LogP contribution in [-0.2, 0) is 30.8 Å². The Balaban J connectivity index is 1.64. The van der Waals surface area contributed by atoms with Crippen molar-refractivity contribution in [2.75, 3.05) is 18.8 Å². The molecule has 0 radical (unpaired) electrons. The van der Waals surface area contributed by atoms with Gasteiger partial charge in [-0.15, -0.1) is 0 Å². The van der Waals surface area contributed by atoms with Crippen molar-refractivity contribution in [3.63, 3.8) is 0 Å². The van der Waals surface area contributed by atoms with E-state index < -0.39 is 73.8 Å². The number of aromatic nitrogens is 1. The lowest BCUT2D eigenvalue weighted by molar-refractivity contribution is -0.153. The minimum absolute atomic E-state index is 0.0149. The van der Waals surface area contributed by atoms with E-state index in [-0.39, 0.29) is 46.0 Å². The number of aliphatic hydroxyl groups excluding tert-OH is 2. The number of nitrogens with one attached hydrogen (secondary N) is 1. The average molecular weight is 589 g/mol. The van der Waals surface area contributed by atoms with E-state index in [0.717, 1.165) is 0 Å². The summed E-state index contributed by atoms with van der Waals surface area (Å²) in [5.41, 5.74) is 1.17. The van der Waals surface area contributed by atoms with Crippen LogP contribution in [0.15, 0.2) is 38.5 Å². The van der Waals surface area contributed by atoms with Crippen molar-refractivity contribution < 1.29 is 47.8 Å². The predicted octanol–water partition coefficient (Wildman–Crippen LogP) is 0.370. The van der Waals surface area contributed by atoms with Gasteiger partial charge in [0, 0.05) is 11.5 Å². The summed E-state index contributed by atoms with van der Waals surface area (Å²) < 4.78 is 33.2. The van der Waals surface area contributed by atoms with Crippen molar-refractivity contribution >= 4 is 38.9 Å². The molecule has 0 saturated heterocycles. The minimum atomic E-state index is -4.29. The number of aryl methyl sites for hydroxylation is 2. The summed E-state index contributed by atoms with van der Waals surface area (Å²) in [5.74, 6) is -7.90. The molecular formula is C26H28N4O10S. The molecule has 41 heavy (non-hydrogen) atoms. The Labute approximate surface area is 233 Å². The quantitative estimate of drug-likeness (QED) is 0.205. The van der Waals surface area contributed by atoms with Gasteiger partial charge in [-0.1, -0.05) is 11.2 Å². The lowest BCUT2D eigenvalue weighted by Crippen LogP contribution is -2.65. The van der Waals surface area contributed by atoms with Gasteiger partial charge in [-0.05, 0) is 58.3 Å². The number of hydrogen-bond donors (Lipinski definition) is 6. The number of carbonyl (C=O) groups excluding carboxylic acids is 3. The summed E-state index contributed by atoms with van der Waals surface area (Å²) in [7, 11) is -1.27. The number of carbonyl (C=O) groups is 3. The fourth-order valence-electron chi connectivity index (χ4n) is 6.36. The highest BCUT2D eigenvalue weighted by Gasteiger charge is 2.64. The number of ketones is 2. The summed E-state index contributed by atoms with van der Waals surface area (Å²) in [5, 5.41) is 48.6. The number of primary amides is 1. The predicted molar refractivity (Wildman–Crippen MR) is 141 cm³/mol. The number of benzene rings is 1. The minimum Gasteiger partial charge on any atom is -0.508 e. The molecule has 1 heterocycles. The third-order valence-corrected chi connectivity index (χ3v) is 9.68. The fraction of sp³-hybridized carbons (Fsp3) is 0.385. The van der Waals surface area contributed by atoms with Crippen LogP contribution in [0.1, 0.15) is 29.0 Å². The molecule has 5 rings (SSSR count). The molecule has 1 amide bonds. The van der Waals surface area contributed by atoms with E-state index in [1.165, 1.54) is 45.0 Å². The summed E-state index contributed by atoms with van der Waals surface area (Å²) in [6.45, 7) is 2.82. The molecule has 3 aliphatic carbocycles. The molecule has 7 N–H and O–H groups in total. The van der Waals surface area contributed by atoms with E-state index in [9.17, 15) is 43.2 Å². The summed E-state index contributed by atoms with van der Waals surface area (Å²) >= 11 is 0. The lowest BCUT2D eigenvalue weighted by atomic mass is 9.57. The first kappa shape index (κ1) is 28.3. The molecule has 0 aliphatic heterocycles. The van der Waals surface area contributed by atoms with Crippen LogP contribution in [0.2, 0.25) is 0 Å². The Morgan fingerprint density at radius 2 is 1.85 bits per heavy atom. The number of phenolic OH excluding ortho intramolecular Hbond substituents is 1. The van der Waals surface area contributed by atoms with Gasteiger partial charge >= 0.3 is 0 Å². The molecule has 0 bridgehead atoms. The van der Waals surface area contributed by atoms with Gasteiger partial charge in [0.15, 0.2) is 27.8 Å². The zero-order valence-electron chi connectivity index (χ0n) is 22.4. The van der Waals surface area contributed by atoms with Crippen molar-refractivity contribution in [1.29, 1.82) is 0 Å². The second-order valence-corrected chi connectivity index (χ2v) is 12.3. The van der Waals surface area contributed by atoms with Crippen LogP contribution in [0.4, 0.5) is 5.69 Å². The summed E-state index contributed by atoms with van der Waals surface area (Å²) in [4.78, 5) is 40.3. The molecule has 218 valence electrons. The van der Waals surface area contributed by atoms with Crippen LogP contribution in [0.5, 0.6) is 5.75 Å². The van der Waals surface area contributed by atoms with Gasteiger partial charge < -0.3 is 30.7 Å². The molecule has 1 saturated carbocycles. The van der Waals surface area contributed by atoms with E-state index >= 15 is 0 Å². The number of phenols is 1. The molecule has 1 fully saturated rings. The van der Waals surface area contributed by atoms with Crippen molar-refractivity contribution in [3.8, 4) is 5.75 Å². The number of aromatic hydroxyl groups is 1. The molecule has 3 aliphatic rings. The number of amides is 1. The maximum atomic E-state index is 13.9. The number of hydrogen-bond acceptors (Lipinski definition) is 12. The molecule has 1 aromatic carbocycles. The first-order valence-corrected chi connectivity index (χ1v) is 14.0. The van der Waals surface area contributed by atoms with Crippen molar-refractivity contribution in [1.82, 2.24) is 10.1 Å². The highest BCUT2D eigenvalue weighted by molar-refractivity contribution is 7.92. The second kappa shape index (κ2) is 9.15. The van der Waals surface area contributed by atoms with Crippen LogP contribution < -0.4 is 10.5 Å². The molecule has 2 aromatic rings. The van der Waals surface area contributed by atoms with Crippen LogP contribution >= 0.6 is 0 Å². The Morgan fingerprint density at radius 1 is 1.20 bits per heavy atom. The van der Waals surface area contributed by atoms with Crippen LogP contribution in [0, 0.1) is 25.7 Å². The maximum Gasteiger partial charge on any atom is 0.267 e. The van der Waals surface area contributed by atoms with E-state index in [1.54, 1.807) is 0 Å². The maximum absolute atomic E-state index is 13.9. The van der Waals surface area contributed by atoms with Crippen molar-refractivity contribution in [2.24, 2.45) is 17.6 Å². The van der Waals surface area contributed by atoms with Crippen LogP contribution in [0.25, 0.3) is 5.76 Å². The largest absolute Gasteiger partial charge is 0.508 e. The highest BCUT2D eigenvalue weighted by Crippen LogP contribution is 2.53. The normalized spacial score (nSPS) is 26.1. The fourth-order valence-corrected chi connectivity index (χ4v) is 7.75. The van der Waals surface area contributed by atoms with E-state index in [4.69, 9.17) is 10.3 Å². The molecule has 0 spiro atoms. The van der Waals surface area contributed by atoms with Gasteiger partial charge in [0.2, 0.25) is 5.78 Å². The smallest absolute Gasteiger partial charge is 0.267 e. The number of anilines is 1. The Hall–Kier alpha value is -4.21. The zero-order valence-corrected chi connectivity index (χ0v) is 23.2. The van der Waals surface area contributed by atoms with Gasteiger partial charge in [0.1, 0.15) is 22.8 Å². The summed E-state index contributed by atoms with van der Waals surface area (Å²) in [6.07, 6.45) is 0.00590. The van der Waals surface area contributed by atoms with Crippen LogP contribution in [-0.4, -0.2) is 82.1 Å². The molecule has 1 aromatic heterocycles. The SMILES string of the molecule is Cc1noc(C)c1S(=O)(=O)Nc1ccc2c(c1O)C(O)=C1C(=O)C3(O)C(O)=C(C(N)=O)C(=O)C(N(C)C)C3CC1C2. The Bertz CT molecular complexity index is 1700. The van der Waals surface area contributed by atoms with E-state index in [2.05, 4.69) is 9.88 Å². The number of nitrogens with zero attached hydrogens (tertiary/aromatic N) is 2. The molecular weight excluding hydrogens is 560 g/mol. The first-order chi connectivity index (χ1) is 19.0. The van der Waals surface area contributed by atoms with Gasteiger partial charge in [-0.25, -0.2) is 8.42 Å². The second-order valence-electron chi connectivity index (χ2n) is 10.7. The topological polar surface area (TPSA) is 234 Å². The third kappa shape index (κ3) is 3.87. The van der Waals surface area contributed by atoms with Crippen molar-refractivity contribution in [2.45, 2.75) is 43.2 Å². The average Bonchev–Trinajstić information content (AvgIpc) is 3.21. The van der Waals surface area contributed by atoms with Crippen molar-refractivity contribution in [3.05, 3.63) is 51.6 Å². The third-order valence-electron chi connectivity index (χ3n) is 8.07. The molecule has 14 nitrogen and oxygen atoms in total. The van der Waals surface area contributed by atoms with Gasteiger partial charge in [-0.2, -0.15) is 0 Å². The van der Waals surface area contributed by atoms with E-state index in [0.29, 0.717) is 5.56 Å². The number of rotatable bonds is 5. The number of Topliss-reactive ketones (excluding diaryl/α,β-unsaturated/α-hetero) is 2. The Morgan fingerprint density at radius 3 is 2.41 bits per heavy atom. The van der Waals surface area contributed by atoms with E-state index in [1.807, 2.05) is 0 Å². The molecule has 15 heteroatoms. The first-order valence-electron chi connectivity index (χ1n) is 12.5. The zero-order chi connectivity index (χ0) is 30.3. The number of likely N-dealkylation sites (N-methyl/N-ethyl adjacent to an activating group) is 1. The monoisotopic (exact) mass is 588 g/mol. The number of nitrogens with two attached hydrogens (primary N) is 1. The molecule has 4 unspecified atom stereocenters. The number of aliphatic hydroxyl groups is 3. The summed E-state index contributed by atoms with van der Waals surface area (Å²) in [6, 6.07) is 1.57. The number of sulfonamides is 1. The van der Waals surface area contributed by atoms with Crippen LogP contribution in [0.3, 0.4) is 0 Å². The number of fused-ring (bicyclic) bond motifs is 3. The highest BCUT2D eigenvalue weighted by atomic mass is 32.2. The Kier molecular flexibility index (Phi) is 6.32.